The van der Waals surface area contributed by atoms with Crippen LogP contribution in [-0.2, 0) is 9.53 Å². The van der Waals surface area contributed by atoms with Gasteiger partial charge in [0.15, 0.2) is 0 Å². The molecule has 0 saturated heterocycles. The minimum absolute atomic E-state index is 0.00856. The van der Waals surface area contributed by atoms with E-state index in [1.807, 2.05) is 0 Å². The lowest BCUT2D eigenvalue weighted by Crippen LogP contribution is -2.12. The van der Waals surface area contributed by atoms with Gasteiger partial charge < -0.3 is 4.74 Å². The van der Waals surface area contributed by atoms with Gasteiger partial charge in [0.25, 0.3) is 0 Å². The Morgan fingerprint density at radius 1 is 1.00 bits per heavy atom. The Hall–Kier alpha value is -0.530. The van der Waals surface area contributed by atoms with Crippen LogP contribution in [0, 0.1) is 11.8 Å². The van der Waals surface area contributed by atoms with E-state index < -0.39 is 0 Å². The van der Waals surface area contributed by atoms with E-state index in [4.69, 9.17) is 4.74 Å². The second-order valence-electron chi connectivity index (χ2n) is 5.71. The predicted octanol–water partition coefficient (Wildman–Crippen LogP) is 4.96. The third-order valence-corrected chi connectivity index (χ3v) is 3.55. The number of hydrogen-bond donors (Lipinski definition) is 0. The molecule has 0 bridgehead atoms. The molecule has 0 aromatic carbocycles. The average molecular weight is 256 g/mol. The van der Waals surface area contributed by atoms with E-state index in [-0.39, 0.29) is 5.97 Å². The quantitative estimate of drug-likeness (QED) is 0.385. The van der Waals surface area contributed by atoms with Crippen LogP contribution in [0.15, 0.2) is 0 Å². The molecule has 0 fully saturated rings. The summed E-state index contributed by atoms with van der Waals surface area (Å²) in [7, 11) is 0. The topological polar surface area (TPSA) is 26.3 Å². The van der Waals surface area contributed by atoms with Crippen LogP contribution in [0.25, 0.3) is 0 Å². The summed E-state index contributed by atoms with van der Waals surface area (Å²) >= 11 is 0. The van der Waals surface area contributed by atoms with Gasteiger partial charge in [-0.3, -0.25) is 4.79 Å². The van der Waals surface area contributed by atoms with E-state index in [1.165, 1.54) is 19.3 Å². The van der Waals surface area contributed by atoms with Crippen molar-refractivity contribution >= 4 is 5.97 Å². The Morgan fingerprint density at radius 2 is 1.61 bits per heavy atom. The summed E-state index contributed by atoms with van der Waals surface area (Å²) in [6, 6.07) is 0. The van der Waals surface area contributed by atoms with Gasteiger partial charge in [0.1, 0.15) is 0 Å². The van der Waals surface area contributed by atoms with Gasteiger partial charge in [0.2, 0.25) is 0 Å². The van der Waals surface area contributed by atoms with Crippen LogP contribution < -0.4 is 0 Å². The van der Waals surface area contributed by atoms with Crippen molar-refractivity contribution < 1.29 is 9.53 Å². The van der Waals surface area contributed by atoms with Crippen molar-refractivity contribution in [2.24, 2.45) is 11.8 Å². The molecule has 0 saturated carbocycles. The van der Waals surface area contributed by atoms with Gasteiger partial charge in [0.05, 0.1) is 6.61 Å². The van der Waals surface area contributed by atoms with Crippen molar-refractivity contribution in [3.8, 4) is 0 Å². The van der Waals surface area contributed by atoms with E-state index in [0.717, 1.165) is 31.6 Å². The molecule has 0 aromatic rings. The highest BCUT2D eigenvalue weighted by atomic mass is 16.5. The molecule has 0 radical (unpaired) electrons. The molecular formula is C16H32O2. The molecule has 0 atom stereocenters. The van der Waals surface area contributed by atoms with Crippen molar-refractivity contribution in [3.05, 3.63) is 0 Å². The molecule has 2 nitrogen and oxygen atoms in total. The van der Waals surface area contributed by atoms with Crippen LogP contribution in [0.3, 0.4) is 0 Å². The fourth-order valence-electron chi connectivity index (χ4n) is 1.98. The minimum atomic E-state index is -0.00856. The Kier molecular flexibility index (Phi) is 11.2. The molecule has 0 aromatic heterocycles. The monoisotopic (exact) mass is 256 g/mol. The van der Waals surface area contributed by atoms with Crippen molar-refractivity contribution in [1.29, 1.82) is 0 Å². The van der Waals surface area contributed by atoms with E-state index in [1.54, 1.807) is 0 Å². The second kappa shape index (κ2) is 11.6. The van der Waals surface area contributed by atoms with Crippen LogP contribution in [0.5, 0.6) is 0 Å². The molecule has 2 heteroatoms. The van der Waals surface area contributed by atoms with Gasteiger partial charge in [-0.05, 0) is 18.3 Å². The zero-order valence-corrected chi connectivity index (χ0v) is 12.8. The zero-order valence-electron chi connectivity index (χ0n) is 12.8. The summed E-state index contributed by atoms with van der Waals surface area (Å²) in [4.78, 5) is 11.5. The largest absolute Gasteiger partial charge is 0.465 e. The first-order chi connectivity index (χ1) is 8.60. The normalized spacial score (nSPS) is 11.2. The number of carbonyl (C=O) groups excluding carboxylic acids is 1. The number of unbranched alkanes of at least 4 members (excludes halogenated alkanes) is 3. The Morgan fingerprint density at radius 3 is 2.17 bits per heavy atom. The molecule has 0 rings (SSSR count). The first-order valence-electron chi connectivity index (χ1n) is 7.75. The van der Waals surface area contributed by atoms with Gasteiger partial charge in [-0.25, -0.2) is 0 Å². The molecule has 0 aliphatic heterocycles. The zero-order chi connectivity index (χ0) is 13.8. The van der Waals surface area contributed by atoms with Crippen molar-refractivity contribution in [1.82, 2.24) is 0 Å². The molecule has 0 unspecified atom stereocenters. The summed E-state index contributed by atoms with van der Waals surface area (Å²) in [5.41, 5.74) is 0. The maximum atomic E-state index is 11.5. The number of rotatable bonds is 11. The molecule has 0 heterocycles. The van der Waals surface area contributed by atoms with Crippen LogP contribution in [-0.4, -0.2) is 12.6 Å². The van der Waals surface area contributed by atoms with Gasteiger partial charge in [-0.1, -0.05) is 66.2 Å². The van der Waals surface area contributed by atoms with E-state index in [2.05, 4.69) is 27.7 Å². The highest BCUT2D eigenvalue weighted by Gasteiger charge is 2.08. The van der Waals surface area contributed by atoms with Crippen LogP contribution >= 0.6 is 0 Å². The molecule has 0 aliphatic rings. The summed E-state index contributed by atoms with van der Waals surface area (Å²) in [5, 5.41) is 0. The Bertz CT molecular complexity index is 195. The third kappa shape index (κ3) is 10.6. The Labute approximate surface area is 113 Å². The highest BCUT2D eigenvalue weighted by Crippen LogP contribution is 2.12. The molecule has 0 N–H and O–H groups in total. The van der Waals surface area contributed by atoms with E-state index in [0.29, 0.717) is 18.9 Å². The lowest BCUT2D eigenvalue weighted by atomic mass is 10.0. The van der Waals surface area contributed by atoms with Crippen molar-refractivity contribution in [3.63, 3.8) is 0 Å². The summed E-state index contributed by atoms with van der Waals surface area (Å²) in [6.45, 7) is 9.43. The molecule has 108 valence electrons. The second-order valence-corrected chi connectivity index (χ2v) is 5.71. The summed E-state index contributed by atoms with van der Waals surface area (Å²) in [5.74, 6) is 1.33. The molecule has 0 amide bonds. The fourth-order valence-corrected chi connectivity index (χ4v) is 1.98. The number of carbonyl (C=O) groups is 1. The number of esters is 1. The lowest BCUT2D eigenvalue weighted by Gasteiger charge is -2.12. The van der Waals surface area contributed by atoms with E-state index >= 15 is 0 Å². The molecule has 18 heavy (non-hydrogen) atoms. The van der Waals surface area contributed by atoms with Gasteiger partial charge in [-0.2, -0.15) is 0 Å². The van der Waals surface area contributed by atoms with Gasteiger partial charge in [-0.15, -0.1) is 0 Å². The number of ether oxygens (including phenoxy) is 1. The average Bonchev–Trinajstić information content (AvgIpc) is 2.34. The number of hydrogen-bond acceptors (Lipinski definition) is 2. The minimum Gasteiger partial charge on any atom is -0.465 e. The molecule has 0 spiro atoms. The standard InChI is InChI=1S/C16H32O2/c1-5-15(6-2)13-18-16(17)12-10-8-7-9-11-14(3)4/h14-15H,5-13H2,1-4H3. The summed E-state index contributed by atoms with van der Waals surface area (Å²) < 4.78 is 5.29. The predicted molar refractivity (Wildman–Crippen MR) is 77.6 cm³/mol. The van der Waals surface area contributed by atoms with Gasteiger partial charge >= 0.3 is 5.97 Å². The van der Waals surface area contributed by atoms with Crippen LogP contribution in [0.1, 0.15) is 79.1 Å². The highest BCUT2D eigenvalue weighted by molar-refractivity contribution is 5.69. The Balaban J connectivity index is 3.37. The van der Waals surface area contributed by atoms with Crippen LogP contribution in [0.2, 0.25) is 0 Å². The fraction of sp³-hybridized carbons (Fsp3) is 0.938. The van der Waals surface area contributed by atoms with Crippen molar-refractivity contribution in [2.45, 2.75) is 79.1 Å². The van der Waals surface area contributed by atoms with Gasteiger partial charge in [0, 0.05) is 6.42 Å². The third-order valence-electron chi connectivity index (χ3n) is 3.55. The van der Waals surface area contributed by atoms with Crippen LogP contribution in [0.4, 0.5) is 0 Å². The lowest BCUT2D eigenvalue weighted by molar-refractivity contribution is -0.145. The maximum absolute atomic E-state index is 11.5. The first kappa shape index (κ1) is 17.5. The van der Waals surface area contributed by atoms with Crippen molar-refractivity contribution in [2.75, 3.05) is 6.61 Å². The van der Waals surface area contributed by atoms with E-state index in [9.17, 15) is 4.79 Å². The molecule has 0 aliphatic carbocycles. The SMILES string of the molecule is CCC(CC)COC(=O)CCCCCCC(C)C. The maximum Gasteiger partial charge on any atom is 0.305 e. The molecular weight excluding hydrogens is 224 g/mol. The first-order valence-corrected chi connectivity index (χ1v) is 7.75. The summed E-state index contributed by atoms with van der Waals surface area (Å²) in [6.07, 6.45) is 8.78. The smallest absolute Gasteiger partial charge is 0.305 e.